The SMILES string of the molecule is CC/C=C\C/C=C\C/C=C\C/C=C\CCCCCC(=O)OCC(COC(=O)CCCCCCCCCCCCCCCC)OC(=O)CCCCCCCC/C=C\C/C=C\C/C=C\CC. The van der Waals surface area contributed by atoms with Crippen LogP contribution in [0, 0.1) is 0 Å². The molecular weight excluding hydrogens is 793 g/mol. The Morgan fingerprint density at radius 2 is 0.609 bits per heavy atom. The van der Waals surface area contributed by atoms with Crippen molar-refractivity contribution in [2.75, 3.05) is 13.2 Å². The molecule has 0 amide bonds. The Hall–Kier alpha value is -3.41. The van der Waals surface area contributed by atoms with Crippen molar-refractivity contribution < 1.29 is 28.6 Å². The highest BCUT2D eigenvalue weighted by Gasteiger charge is 2.19. The van der Waals surface area contributed by atoms with Crippen molar-refractivity contribution in [2.45, 2.75) is 252 Å². The second-order valence-corrected chi connectivity index (χ2v) is 17.4. The van der Waals surface area contributed by atoms with Crippen molar-refractivity contribution in [3.05, 3.63) is 85.1 Å². The molecule has 0 aliphatic carbocycles. The van der Waals surface area contributed by atoms with Crippen molar-refractivity contribution in [1.29, 1.82) is 0 Å². The predicted octanol–water partition coefficient (Wildman–Crippen LogP) is 17.6. The number of ether oxygens (including phenoxy) is 3. The summed E-state index contributed by atoms with van der Waals surface area (Å²) >= 11 is 0. The van der Waals surface area contributed by atoms with Gasteiger partial charge in [-0.05, 0) is 89.9 Å². The third kappa shape index (κ3) is 49.6. The van der Waals surface area contributed by atoms with Crippen molar-refractivity contribution in [2.24, 2.45) is 0 Å². The van der Waals surface area contributed by atoms with E-state index in [1.165, 1.54) is 83.5 Å². The molecule has 0 aromatic heterocycles. The maximum absolute atomic E-state index is 12.8. The topological polar surface area (TPSA) is 78.9 Å². The number of carbonyl (C=O) groups excluding carboxylic acids is 3. The smallest absolute Gasteiger partial charge is 0.306 e. The first-order valence-electron chi connectivity index (χ1n) is 26.6. The average molecular weight is 891 g/mol. The minimum atomic E-state index is -0.795. The monoisotopic (exact) mass is 891 g/mol. The van der Waals surface area contributed by atoms with Crippen molar-refractivity contribution >= 4 is 17.9 Å². The van der Waals surface area contributed by atoms with Gasteiger partial charge in [-0.1, -0.05) is 221 Å². The first kappa shape index (κ1) is 60.6. The number of hydrogen-bond acceptors (Lipinski definition) is 6. The summed E-state index contributed by atoms with van der Waals surface area (Å²) in [5.74, 6) is -0.934. The highest BCUT2D eigenvalue weighted by atomic mass is 16.6. The zero-order valence-electron chi connectivity index (χ0n) is 41.8. The summed E-state index contributed by atoms with van der Waals surface area (Å²) in [5, 5.41) is 0. The van der Waals surface area contributed by atoms with E-state index in [0.717, 1.165) is 122 Å². The Bertz CT molecular complexity index is 1250. The summed E-state index contributed by atoms with van der Waals surface area (Å²) in [5.41, 5.74) is 0. The molecule has 0 fully saturated rings. The van der Waals surface area contributed by atoms with Crippen LogP contribution in [0.25, 0.3) is 0 Å². The number of unbranched alkanes of at least 4 members (excludes halogenated alkanes) is 22. The van der Waals surface area contributed by atoms with Gasteiger partial charge in [0.15, 0.2) is 6.10 Å². The normalized spacial score (nSPS) is 12.7. The number of rotatable bonds is 47. The summed E-state index contributed by atoms with van der Waals surface area (Å²) in [6, 6.07) is 0. The Balaban J connectivity index is 4.46. The molecule has 0 N–H and O–H groups in total. The fourth-order valence-corrected chi connectivity index (χ4v) is 7.21. The standard InChI is InChI=1S/C58H98O6/c1-4-7-10-13-16-19-22-25-28-30-33-36-39-42-45-48-51-57(60)63-54-55(53-62-56(59)50-47-44-41-38-35-32-27-24-21-18-15-12-9-6-3)64-58(61)52-49-46-43-40-37-34-31-29-26-23-20-17-14-11-8-5-2/h7-8,10-11,16-17,19-20,25-26,28-29,33,36,55H,4-6,9,12-15,18,21-24,27,30-32,34-35,37-54H2,1-3H3/b10-7-,11-8-,19-16-,20-17-,28-25-,29-26-,36-33-. The van der Waals surface area contributed by atoms with Crippen molar-refractivity contribution in [3.63, 3.8) is 0 Å². The van der Waals surface area contributed by atoms with Crippen LogP contribution in [0.2, 0.25) is 0 Å². The molecule has 64 heavy (non-hydrogen) atoms. The van der Waals surface area contributed by atoms with Gasteiger partial charge in [0.05, 0.1) is 0 Å². The van der Waals surface area contributed by atoms with Gasteiger partial charge in [0, 0.05) is 19.3 Å². The molecule has 0 saturated heterocycles. The fraction of sp³-hybridized carbons (Fsp3) is 0.707. The molecule has 0 radical (unpaired) electrons. The summed E-state index contributed by atoms with van der Waals surface area (Å²) in [6.07, 6.45) is 67.1. The summed E-state index contributed by atoms with van der Waals surface area (Å²) in [4.78, 5) is 38.0. The van der Waals surface area contributed by atoms with E-state index in [-0.39, 0.29) is 31.1 Å². The maximum atomic E-state index is 12.8. The third-order valence-electron chi connectivity index (χ3n) is 11.1. The molecule has 0 aliphatic heterocycles. The number of allylic oxidation sites excluding steroid dienone is 14. The van der Waals surface area contributed by atoms with E-state index in [1.54, 1.807) is 0 Å². The van der Waals surface area contributed by atoms with Crippen LogP contribution in [0.1, 0.15) is 245 Å². The number of esters is 3. The van der Waals surface area contributed by atoms with Crippen LogP contribution in [0.3, 0.4) is 0 Å². The quantitative estimate of drug-likeness (QED) is 0.0262. The molecule has 0 aromatic carbocycles. The van der Waals surface area contributed by atoms with Crippen molar-refractivity contribution in [1.82, 2.24) is 0 Å². The van der Waals surface area contributed by atoms with Gasteiger partial charge in [0.2, 0.25) is 0 Å². The minimum absolute atomic E-state index is 0.0909. The Morgan fingerprint density at radius 3 is 0.969 bits per heavy atom. The predicted molar refractivity (Wildman–Crippen MR) is 274 cm³/mol. The van der Waals surface area contributed by atoms with E-state index in [9.17, 15) is 14.4 Å². The van der Waals surface area contributed by atoms with Gasteiger partial charge in [-0.25, -0.2) is 0 Å². The molecule has 1 unspecified atom stereocenters. The number of hydrogen-bond donors (Lipinski definition) is 0. The average Bonchev–Trinajstić information content (AvgIpc) is 3.29. The summed E-state index contributed by atoms with van der Waals surface area (Å²) < 4.78 is 16.8. The third-order valence-corrected chi connectivity index (χ3v) is 11.1. The molecule has 0 heterocycles. The second kappa shape index (κ2) is 52.2. The zero-order chi connectivity index (χ0) is 46.5. The first-order chi connectivity index (χ1) is 31.5. The van der Waals surface area contributed by atoms with Gasteiger partial charge in [-0.3, -0.25) is 14.4 Å². The van der Waals surface area contributed by atoms with Crippen LogP contribution >= 0.6 is 0 Å². The molecule has 0 saturated carbocycles. The molecule has 366 valence electrons. The molecular formula is C58H98O6. The highest BCUT2D eigenvalue weighted by Crippen LogP contribution is 2.15. The highest BCUT2D eigenvalue weighted by molar-refractivity contribution is 5.71. The van der Waals surface area contributed by atoms with E-state index < -0.39 is 6.10 Å². The van der Waals surface area contributed by atoms with Gasteiger partial charge >= 0.3 is 17.9 Å². The van der Waals surface area contributed by atoms with Gasteiger partial charge < -0.3 is 14.2 Å². The molecule has 0 bridgehead atoms. The molecule has 6 heteroatoms. The maximum Gasteiger partial charge on any atom is 0.306 e. The minimum Gasteiger partial charge on any atom is -0.462 e. The van der Waals surface area contributed by atoms with E-state index in [0.29, 0.717) is 19.3 Å². The zero-order valence-corrected chi connectivity index (χ0v) is 41.8. The van der Waals surface area contributed by atoms with Gasteiger partial charge in [-0.15, -0.1) is 0 Å². The Kier molecular flexibility index (Phi) is 49.4. The second-order valence-electron chi connectivity index (χ2n) is 17.4. The number of carbonyl (C=O) groups is 3. The summed E-state index contributed by atoms with van der Waals surface area (Å²) in [6.45, 7) is 6.38. The fourth-order valence-electron chi connectivity index (χ4n) is 7.21. The Morgan fingerprint density at radius 1 is 0.328 bits per heavy atom. The van der Waals surface area contributed by atoms with E-state index in [1.807, 2.05) is 0 Å². The van der Waals surface area contributed by atoms with E-state index in [2.05, 4.69) is 106 Å². The van der Waals surface area contributed by atoms with Gasteiger partial charge in [0.1, 0.15) is 13.2 Å². The van der Waals surface area contributed by atoms with Gasteiger partial charge in [-0.2, -0.15) is 0 Å². The van der Waals surface area contributed by atoms with Gasteiger partial charge in [0.25, 0.3) is 0 Å². The molecule has 0 aromatic rings. The lowest BCUT2D eigenvalue weighted by Crippen LogP contribution is -2.30. The molecule has 0 spiro atoms. The van der Waals surface area contributed by atoms with E-state index >= 15 is 0 Å². The summed E-state index contributed by atoms with van der Waals surface area (Å²) in [7, 11) is 0. The van der Waals surface area contributed by atoms with Crippen LogP contribution in [-0.4, -0.2) is 37.2 Å². The van der Waals surface area contributed by atoms with E-state index in [4.69, 9.17) is 14.2 Å². The molecule has 1 atom stereocenters. The Labute approximate surface area is 395 Å². The van der Waals surface area contributed by atoms with Crippen LogP contribution in [0.15, 0.2) is 85.1 Å². The lowest BCUT2D eigenvalue weighted by Gasteiger charge is -2.18. The van der Waals surface area contributed by atoms with Crippen LogP contribution in [-0.2, 0) is 28.6 Å². The first-order valence-corrected chi connectivity index (χ1v) is 26.6. The van der Waals surface area contributed by atoms with Crippen molar-refractivity contribution in [3.8, 4) is 0 Å². The molecule has 0 aliphatic rings. The molecule has 0 rings (SSSR count). The lowest BCUT2D eigenvalue weighted by molar-refractivity contribution is -0.167. The van der Waals surface area contributed by atoms with Crippen LogP contribution in [0.5, 0.6) is 0 Å². The lowest BCUT2D eigenvalue weighted by atomic mass is 10.0. The van der Waals surface area contributed by atoms with Crippen LogP contribution < -0.4 is 0 Å². The largest absolute Gasteiger partial charge is 0.462 e. The van der Waals surface area contributed by atoms with Crippen LogP contribution in [0.4, 0.5) is 0 Å². The molecule has 6 nitrogen and oxygen atoms in total.